The van der Waals surface area contributed by atoms with Gasteiger partial charge in [0.15, 0.2) is 0 Å². The van der Waals surface area contributed by atoms with Gasteiger partial charge in [-0.3, -0.25) is 0 Å². The maximum absolute atomic E-state index is 11.4. The second-order valence-corrected chi connectivity index (χ2v) is 21.0. The number of halogens is 1. The number of esters is 1. The molecule has 0 heterocycles. The van der Waals surface area contributed by atoms with E-state index in [9.17, 15) is 4.79 Å². The molecule has 2 bridgehead atoms. The van der Waals surface area contributed by atoms with Crippen LogP contribution in [0.2, 0.25) is 21.6 Å². The Balaban J connectivity index is 1.99. The standard InChI is InChI=1S/C16H29O3Si.ClH.Hg/c1-11(17)19-15-9-12-7-13(14(15)8-12)10-18-20(5,6)16(2,3)4;;/h9,12-15H,7-8,10H2,1-6H3;1H;/q;;+1/p-1/t12-,13+,14-,15+;;/m1../s1. The van der Waals surface area contributed by atoms with Crippen LogP contribution in [-0.4, -0.2) is 27.0 Å². The third-order valence-corrected chi connectivity index (χ3v) is 19.6. The van der Waals surface area contributed by atoms with Crippen molar-refractivity contribution in [2.24, 2.45) is 17.8 Å². The zero-order valence-electron chi connectivity index (χ0n) is 14.8. The number of carbonyl (C=O) groups excluding carboxylic acids is 1. The molecule has 0 aromatic rings. The van der Waals surface area contributed by atoms with Gasteiger partial charge in [0.05, 0.1) is 0 Å². The molecule has 2 aliphatic carbocycles. The Kier molecular flexibility index (Phi) is 6.12. The van der Waals surface area contributed by atoms with Gasteiger partial charge in [0.1, 0.15) is 0 Å². The number of fused-ring (bicyclic) bond motifs is 2. The van der Waals surface area contributed by atoms with E-state index in [-0.39, 0.29) is 17.1 Å². The van der Waals surface area contributed by atoms with Crippen molar-refractivity contribution in [3.63, 3.8) is 0 Å². The molecule has 0 unspecified atom stereocenters. The first kappa shape index (κ1) is 19.2. The minimum atomic E-state index is -1.70. The second kappa shape index (κ2) is 7.01. The minimum absolute atomic E-state index is 0.100. The molecule has 0 aromatic heterocycles. The van der Waals surface area contributed by atoms with Crippen LogP contribution in [0.3, 0.4) is 0 Å². The second-order valence-electron chi connectivity index (χ2n) is 8.62. The van der Waals surface area contributed by atoms with Crippen molar-refractivity contribution in [2.75, 3.05) is 6.61 Å². The topological polar surface area (TPSA) is 35.5 Å². The van der Waals surface area contributed by atoms with Crippen molar-refractivity contribution < 1.29 is 37.3 Å². The van der Waals surface area contributed by atoms with Crippen molar-refractivity contribution in [1.82, 2.24) is 0 Å². The fourth-order valence-corrected chi connectivity index (χ4v) is 13.6. The average Bonchev–Trinajstić information content (AvgIpc) is 2.91. The molecule has 2 fully saturated rings. The number of ether oxygens (including phenoxy) is 1. The molecule has 22 heavy (non-hydrogen) atoms. The molecule has 0 spiro atoms. The molecule has 0 aromatic carbocycles. The summed E-state index contributed by atoms with van der Waals surface area (Å²) in [4.78, 5) is 11.4. The Hall–Kier alpha value is 0.872. The van der Waals surface area contributed by atoms with Crippen LogP contribution in [0.5, 0.6) is 0 Å². The van der Waals surface area contributed by atoms with E-state index in [2.05, 4.69) is 33.9 Å². The van der Waals surface area contributed by atoms with Crippen LogP contribution in [0.4, 0.5) is 0 Å². The Morgan fingerprint density at radius 3 is 2.45 bits per heavy atom. The molecule has 124 valence electrons. The third-order valence-electron chi connectivity index (χ3n) is 6.18. The molecule has 0 aliphatic heterocycles. The molecule has 2 aliphatic rings. The van der Waals surface area contributed by atoms with Crippen LogP contribution in [-0.2, 0) is 37.3 Å². The van der Waals surface area contributed by atoms with E-state index in [0.717, 1.165) is 6.61 Å². The Bertz CT molecular complexity index is 424. The third kappa shape index (κ3) is 3.92. The average molecular weight is 534 g/mol. The number of rotatable bonds is 5. The number of carbonyl (C=O) groups is 1. The normalized spacial score (nSPS) is 34.6. The Morgan fingerprint density at radius 2 is 1.95 bits per heavy atom. The Morgan fingerprint density at radius 1 is 1.32 bits per heavy atom. The van der Waals surface area contributed by atoms with Crippen LogP contribution in [0.15, 0.2) is 0 Å². The van der Waals surface area contributed by atoms with E-state index in [0.29, 0.717) is 21.2 Å². The summed E-state index contributed by atoms with van der Waals surface area (Å²) < 4.78 is 12.7. The van der Waals surface area contributed by atoms with Gasteiger partial charge >= 0.3 is 152 Å². The van der Waals surface area contributed by atoms with Crippen LogP contribution >= 0.6 is 8.25 Å². The molecule has 2 saturated carbocycles. The van der Waals surface area contributed by atoms with Crippen molar-refractivity contribution >= 4 is 22.5 Å². The van der Waals surface area contributed by atoms with E-state index >= 15 is 0 Å². The number of hydrogen-bond donors (Lipinski definition) is 0. The molecule has 0 amide bonds. The zero-order chi connectivity index (χ0) is 16.7. The van der Waals surface area contributed by atoms with Gasteiger partial charge in [0, 0.05) is 0 Å². The summed E-state index contributed by atoms with van der Waals surface area (Å²) in [5.74, 6) is 1.59. The van der Waals surface area contributed by atoms with Crippen LogP contribution < -0.4 is 0 Å². The fraction of sp³-hybridized carbons (Fsp3) is 0.938. The summed E-state index contributed by atoms with van der Waals surface area (Å²) in [5, 5.41) is 0.246. The van der Waals surface area contributed by atoms with Gasteiger partial charge in [-0.1, -0.05) is 0 Å². The molecular formula is C16H29ClHgO3Si. The van der Waals surface area contributed by atoms with Gasteiger partial charge in [-0.15, -0.1) is 0 Å². The van der Waals surface area contributed by atoms with Gasteiger partial charge in [0.2, 0.25) is 0 Å². The van der Waals surface area contributed by atoms with E-state index in [4.69, 9.17) is 17.4 Å². The summed E-state index contributed by atoms with van der Waals surface area (Å²) in [7, 11) is 4.64. The molecule has 0 radical (unpaired) electrons. The summed E-state index contributed by atoms with van der Waals surface area (Å²) in [5.41, 5.74) is 0. The monoisotopic (exact) mass is 534 g/mol. The van der Waals surface area contributed by atoms with Gasteiger partial charge in [0.25, 0.3) is 0 Å². The van der Waals surface area contributed by atoms with E-state index in [1.165, 1.54) is 19.8 Å². The van der Waals surface area contributed by atoms with E-state index in [1.807, 2.05) is 0 Å². The predicted octanol–water partition coefficient (Wildman–Crippen LogP) is 4.62. The molecule has 5 atom stereocenters. The molecule has 3 nitrogen and oxygen atoms in total. The molecule has 6 heteroatoms. The van der Waals surface area contributed by atoms with Crippen LogP contribution in [0, 0.1) is 17.8 Å². The Labute approximate surface area is 151 Å². The quantitative estimate of drug-likeness (QED) is 0.382. The SMILES string of the molecule is CC(=O)O[C@@H]1[C@@H]2C[C@@H](C[C@H]2CO[Si](C)(C)C(C)(C)C)[C@@H]1[Hg][Cl]. The molecule has 2 rings (SSSR count). The fourth-order valence-electron chi connectivity index (χ4n) is 3.84. The summed E-state index contributed by atoms with van der Waals surface area (Å²) in [6.45, 7) is 13.8. The first-order valence-electron chi connectivity index (χ1n) is 8.44. The van der Waals surface area contributed by atoms with Crippen LogP contribution in [0.1, 0.15) is 40.5 Å². The first-order valence-corrected chi connectivity index (χ1v) is 21.3. The van der Waals surface area contributed by atoms with Crippen LogP contribution in [0.25, 0.3) is 0 Å². The molecular weight excluding hydrogens is 504 g/mol. The number of hydrogen-bond acceptors (Lipinski definition) is 3. The van der Waals surface area contributed by atoms with Crippen molar-refractivity contribution in [3.05, 3.63) is 0 Å². The van der Waals surface area contributed by atoms with Crippen molar-refractivity contribution in [3.8, 4) is 0 Å². The summed E-state index contributed by atoms with van der Waals surface area (Å²) >= 11 is -1.40. The van der Waals surface area contributed by atoms with Crippen molar-refractivity contribution in [2.45, 2.75) is 68.2 Å². The van der Waals surface area contributed by atoms with Crippen molar-refractivity contribution in [1.29, 1.82) is 0 Å². The first-order chi connectivity index (χ1) is 10.1. The molecule has 0 N–H and O–H groups in total. The summed E-state index contributed by atoms with van der Waals surface area (Å²) in [6.07, 6.45) is 2.53. The van der Waals surface area contributed by atoms with E-state index < -0.39 is 31.7 Å². The zero-order valence-corrected chi connectivity index (χ0v) is 22.1. The summed E-state index contributed by atoms with van der Waals surface area (Å²) in [6, 6.07) is 0. The van der Waals surface area contributed by atoms with Gasteiger partial charge in [-0.05, 0) is 0 Å². The predicted molar refractivity (Wildman–Crippen MR) is 88.0 cm³/mol. The maximum atomic E-state index is 11.4. The molecule has 0 saturated heterocycles. The van der Waals surface area contributed by atoms with E-state index in [1.54, 1.807) is 0 Å². The van der Waals surface area contributed by atoms with Gasteiger partial charge in [-0.2, -0.15) is 0 Å². The van der Waals surface area contributed by atoms with Gasteiger partial charge < -0.3 is 0 Å². The van der Waals surface area contributed by atoms with Gasteiger partial charge in [-0.25, -0.2) is 0 Å².